The van der Waals surface area contributed by atoms with Crippen LogP contribution in [-0.4, -0.2) is 37.5 Å². The van der Waals surface area contributed by atoms with Crippen LogP contribution in [0.5, 0.6) is 11.5 Å². The fourth-order valence-corrected chi connectivity index (χ4v) is 4.24. The number of methoxy groups -OCH3 is 2. The SMILES string of the molecule is COc1ccc([C@@H](CC(=O)NCCc2ccccc2)N2Cc3ccccc3C2=O)cc1OC. The van der Waals surface area contributed by atoms with E-state index in [1.165, 1.54) is 5.56 Å². The number of hydrogen-bond acceptors (Lipinski definition) is 4. The van der Waals surface area contributed by atoms with Gasteiger partial charge in [-0.25, -0.2) is 0 Å². The molecular weight excluding hydrogens is 416 g/mol. The van der Waals surface area contributed by atoms with Crippen molar-refractivity contribution in [3.05, 3.63) is 95.1 Å². The van der Waals surface area contributed by atoms with E-state index >= 15 is 0 Å². The summed E-state index contributed by atoms with van der Waals surface area (Å²) in [6.45, 7) is 1.00. The quantitative estimate of drug-likeness (QED) is 0.538. The second-order valence-corrected chi connectivity index (χ2v) is 8.01. The van der Waals surface area contributed by atoms with E-state index in [0.29, 0.717) is 30.2 Å². The van der Waals surface area contributed by atoms with Crippen molar-refractivity contribution in [3.63, 3.8) is 0 Å². The van der Waals surface area contributed by atoms with E-state index in [0.717, 1.165) is 17.5 Å². The number of ether oxygens (including phenoxy) is 2. The Morgan fingerprint density at radius 3 is 2.42 bits per heavy atom. The third-order valence-corrected chi connectivity index (χ3v) is 5.98. The molecule has 3 aromatic carbocycles. The Kier molecular flexibility index (Phi) is 6.93. The van der Waals surface area contributed by atoms with Gasteiger partial charge >= 0.3 is 0 Å². The smallest absolute Gasteiger partial charge is 0.255 e. The summed E-state index contributed by atoms with van der Waals surface area (Å²) < 4.78 is 10.8. The van der Waals surface area contributed by atoms with Crippen molar-refractivity contribution in [1.82, 2.24) is 10.2 Å². The minimum atomic E-state index is -0.429. The highest BCUT2D eigenvalue weighted by Crippen LogP contribution is 2.37. The third-order valence-electron chi connectivity index (χ3n) is 5.98. The number of amides is 2. The van der Waals surface area contributed by atoms with Crippen LogP contribution in [-0.2, 0) is 17.8 Å². The standard InChI is InChI=1S/C27H28N2O4/c1-32-24-13-12-20(16-25(24)33-2)23(29-18-21-10-6-7-11-22(21)27(29)31)17-26(30)28-15-14-19-8-4-3-5-9-19/h3-13,16,23H,14-15,17-18H2,1-2H3,(H,28,30)/t23-/m1/s1. The van der Waals surface area contributed by atoms with Gasteiger partial charge in [0, 0.05) is 18.7 Å². The number of hydrogen-bond donors (Lipinski definition) is 1. The largest absolute Gasteiger partial charge is 0.493 e. The number of carbonyl (C=O) groups is 2. The number of nitrogens with one attached hydrogen (secondary N) is 1. The number of fused-ring (bicyclic) bond motifs is 1. The van der Waals surface area contributed by atoms with Gasteiger partial charge in [0.25, 0.3) is 5.91 Å². The van der Waals surface area contributed by atoms with Crippen LogP contribution in [0.3, 0.4) is 0 Å². The Balaban J connectivity index is 1.54. The van der Waals surface area contributed by atoms with Crippen molar-refractivity contribution in [3.8, 4) is 11.5 Å². The number of nitrogens with zero attached hydrogens (tertiary/aromatic N) is 1. The average Bonchev–Trinajstić information content (AvgIpc) is 3.19. The van der Waals surface area contributed by atoms with Gasteiger partial charge in [0.15, 0.2) is 11.5 Å². The van der Waals surface area contributed by atoms with Gasteiger partial charge in [-0.3, -0.25) is 9.59 Å². The van der Waals surface area contributed by atoms with Gasteiger partial charge in [-0.1, -0.05) is 54.6 Å². The van der Waals surface area contributed by atoms with Gasteiger partial charge in [-0.2, -0.15) is 0 Å². The normalized spacial score (nSPS) is 13.4. The first-order chi connectivity index (χ1) is 16.1. The van der Waals surface area contributed by atoms with Gasteiger partial charge in [0.2, 0.25) is 5.91 Å². The lowest BCUT2D eigenvalue weighted by molar-refractivity contribution is -0.122. The molecule has 0 fully saturated rings. The minimum absolute atomic E-state index is 0.0672. The summed E-state index contributed by atoms with van der Waals surface area (Å²) in [5.74, 6) is 0.994. The lowest BCUT2D eigenvalue weighted by atomic mass is 10.0. The highest BCUT2D eigenvalue weighted by atomic mass is 16.5. The van der Waals surface area contributed by atoms with Crippen LogP contribution in [0.4, 0.5) is 0 Å². The maximum atomic E-state index is 13.2. The summed E-state index contributed by atoms with van der Waals surface area (Å²) in [4.78, 5) is 27.9. The molecule has 1 atom stereocenters. The predicted molar refractivity (Wildman–Crippen MR) is 126 cm³/mol. The molecule has 0 saturated heterocycles. The van der Waals surface area contributed by atoms with Crippen LogP contribution in [0, 0.1) is 0 Å². The molecule has 1 aliphatic rings. The van der Waals surface area contributed by atoms with Crippen LogP contribution in [0.1, 0.15) is 39.5 Å². The molecule has 4 rings (SSSR count). The van der Waals surface area contributed by atoms with E-state index < -0.39 is 6.04 Å². The van der Waals surface area contributed by atoms with Gasteiger partial charge in [-0.05, 0) is 41.3 Å². The maximum absolute atomic E-state index is 13.2. The van der Waals surface area contributed by atoms with Crippen molar-refractivity contribution in [2.24, 2.45) is 0 Å². The summed E-state index contributed by atoms with van der Waals surface area (Å²) in [5, 5.41) is 3.01. The lowest BCUT2D eigenvalue weighted by Crippen LogP contribution is -2.35. The summed E-state index contributed by atoms with van der Waals surface area (Å²) in [5.41, 5.74) is 3.65. The summed E-state index contributed by atoms with van der Waals surface area (Å²) in [6.07, 6.45) is 0.908. The Hall–Kier alpha value is -3.80. The first-order valence-corrected chi connectivity index (χ1v) is 11.0. The Morgan fingerprint density at radius 2 is 1.70 bits per heavy atom. The molecular formula is C27H28N2O4. The predicted octanol–water partition coefficient (Wildman–Crippen LogP) is 4.15. The molecule has 0 unspecified atom stereocenters. The summed E-state index contributed by atoms with van der Waals surface area (Å²) >= 11 is 0. The average molecular weight is 445 g/mol. The Bertz CT molecular complexity index is 1130. The van der Waals surface area contributed by atoms with E-state index in [1.807, 2.05) is 72.8 Å². The lowest BCUT2D eigenvalue weighted by Gasteiger charge is -2.28. The van der Waals surface area contributed by atoms with Gasteiger partial charge < -0.3 is 19.7 Å². The first kappa shape index (κ1) is 22.4. The van der Waals surface area contributed by atoms with Crippen molar-refractivity contribution < 1.29 is 19.1 Å². The van der Waals surface area contributed by atoms with Crippen LogP contribution in [0.15, 0.2) is 72.8 Å². The van der Waals surface area contributed by atoms with E-state index in [2.05, 4.69) is 5.32 Å². The highest BCUT2D eigenvalue weighted by molar-refractivity contribution is 5.98. The molecule has 0 radical (unpaired) electrons. The Morgan fingerprint density at radius 1 is 0.970 bits per heavy atom. The van der Waals surface area contributed by atoms with E-state index in [4.69, 9.17) is 9.47 Å². The number of benzene rings is 3. The molecule has 170 valence electrons. The minimum Gasteiger partial charge on any atom is -0.493 e. The zero-order valence-electron chi connectivity index (χ0n) is 18.9. The topological polar surface area (TPSA) is 67.9 Å². The van der Waals surface area contributed by atoms with E-state index in [9.17, 15) is 9.59 Å². The molecule has 2 amide bonds. The van der Waals surface area contributed by atoms with Crippen molar-refractivity contribution in [1.29, 1.82) is 0 Å². The van der Waals surface area contributed by atoms with Crippen LogP contribution < -0.4 is 14.8 Å². The zero-order valence-corrected chi connectivity index (χ0v) is 18.9. The van der Waals surface area contributed by atoms with Crippen LogP contribution >= 0.6 is 0 Å². The second-order valence-electron chi connectivity index (χ2n) is 8.01. The van der Waals surface area contributed by atoms with Gasteiger partial charge in [0.1, 0.15) is 0 Å². The number of carbonyl (C=O) groups excluding carboxylic acids is 2. The van der Waals surface area contributed by atoms with Crippen molar-refractivity contribution in [2.45, 2.75) is 25.4 Å². The first-order valence-electron chi connectivity index (χ1n) is 11.0. The Labute approximate surface area is 194 Å². The van der Waals surface area contributed by atoms with Crippen molar-refractivity contribution >= 4 is 11.8 Å². The number of rotatable bonds is 9. The van der Waals surface area contributed by atoms with Crippen LogP contribution in [0.25, 0.3) is 0 Å². The van der Waals surface area contributed by atoms with E-state index in [1.54, 1.807) is 19.1 Å². The van der Waals surface area contributed by atoms with Crippen LogP contribution in [0.2, 0.25) is 0 Å². The zero-order chi connectivity index (χ0) is 23.2. The molecule has 0 aliphatic carbocycles. The molecule has 0 spiro atoms. The van der Waals surface area contributed by atoms with E-state index in [-0.39, 0.29) is 18.2 Å². The molecule has 1 N–H and O–H groups in total. The van der Waals surface area contributed by atoms with Gasteiger partial charge in [0.05, 0.1) is 26.7 Å². The third kappa shape index (κ3) is 5.00. The molecule has 6 heteroatoms. The van der Waals surface area contributed by atoms with Crippen molar-refractivity contribution in [2.75, 3.05) is 20.8 Å². The molecule has 1 aliphatic heterocycles. The summed E-state index contributed by atoms with van der Waals surface area (Å²) in [7, 11) is 3.15. The molecule has 0 saturated carbocycles. The molecule has 3 aromatic rings. The molecule has 0 aromatic heterocycles. The molecule has 6 nitrogen and oxygen atoms in total. The molecule has 0 bridgehead atoms. The summed E-state index contributed by atoms with van der Waals surface area (Å²) in [6, 6.07) is 22.7. The monoisotopic (exact) mass is 444 g/mol. The van der Waals surface area contributed by atoms with Gasteiger partial charge in [-0.15, -0.1) is 0 Å². The highest BCUT2D eigenvalue weighted by Gasteiger charge is 2.34. The fourth-order valence-electron chi connectivity index (χ4n) is 4.24. The fraction of sp³-hybridized carbons (Fsp3) is 0.259. The maximum Gasteiger partial charge on any atom is 0.255 e. The molecule has 1 heterocycles. The molecule has 33 heavy (non-hydrogen) atoms. The second kappa shape index (κ2) is 10.2.